The van der Waals surface area contributed by atoms with E-state index in [2.05, 4.69) is 57.5 Å². The van der Waals surface area contributed by atoms with Crippen LogP contribution in [0.3, 0.4) is 0 Å². The molecule has 1 saturated heterocycles. The molecular formula is C21H29Br2N5O. The number of nitrogens with zero attached hydrogens (tertiary/aromatic N) is 3. The fourth-order valence-corrected chi connectivity index (χ4v) is 3.76. The summed E-state index contributed by atoms with van der Waals surface area (Å²) in [5, 5.41) is 19.3. The van der Waals surface area contributed by atoms with Crippen molar-refractivity contribution in [2.24, 2.45) is 11.1 Å². The van der Waals surface area contributed by atoms with Crippen molar-refractivity contribution in [2.75, 3.05) is 39.0 Å². The van der Waals surface area contributed by atoms with E-state index in [1.54, 1.807) is 6.20 Å². The van der Waals surface area contributed by atoms with Crippen molar-refractivity contribution >= 4 is 49.1 Å². The van der Waals surface area contributed by atoms with E-state index in [4.69, 9.17) is 0 Å². The van der Waals surface area contributed by atoms with E-state index < -0.39 is 0 Å². The molecule has 1 fully saturated rings. The molecule has 0 saturated carbocycles. The van der Waals surface area contributed by atoms with E-state index in [0.29, 0.717) is 5.71 Å². The molecule has 1 aliphatic heterocycles. The molecule has 1 aliphatic rings. The van der Waals surface area contributed by atoms with Gasteiger partial charge in [-0.3, -0.25) is 0 Å². The third-order valence-electron chi connectivity index (χ3n) is 4.42. The summed E-state index contributed by atoms with van der Waals surface area (Å²) in [4.78, 5) is 6.48. The van der Waals surface area contributed by atoms with Crippen LogP contribution in [0.1, 0.15) is 25.3 Å². The number of aromatic nitrogens is 1. The Balaban J connectivity index is 0.000000521. The number of halogens is 2. The van der Waals surface area contributed by atoms with Crippen molar-refractivity contribution in [1.29, 1.82) is 0 Å². The SMILES string of the molecule is C1CCNC1.CC(CN(C)C)/C(=N\O)c1ccc(Nc2cc(Br)ccc2Br)nc1. The van der Waals surface area contributed by atoms with Crippen molar-refractivity contribution in [2.45, 2.75) is 19.8 Å². The Labute approximate surface area is 190 Å². The molecule has 158 valence electrons. The third kappa shape index (κ3) is 8.04. The Hall–Kier alpha value is -1.48. The van der Waals surface area contributed by atoms with Crippen LogP contribution in [0.4, 0.5) is 11.5 Å². The second-order valence-electron chi connectivity index (χ2n) is 7.29. The average Bonchev–Trinajstić information content (AvgIpc) is 3.26. The number of rotatable bonds is 6. The van der Waals surface area contributed by atoms with Crippen molar-refractivity contribution in [3.63, 3.8) is 0 Å². The molecule has 29 heavy (non-hydrogen) atoms. The van der Waals surface area contributed by atoms with Gasteiger partial charge in [0.05, 0.1) is 11.4 Å². The lowest BCUT2D eigenvalue weighted by atomic mass is 9.99. The zero-order valence-corrected chi connectivity index (χ0v) is 20.3. The molecular weight excluding hydrogens is 498 g/mol. The summed E-state index contributed by atoms with van der Waals surface area (Å²) >= 11 is 6.97. The Bertz CT molecular complexity index is 785. The van der Waals surface area contributed by atoms with Gasteiger partial charge in [0.1, 0.15) is 5.82 Å². The number of hydrogen-bond donors (Lipinski definition) is 3. The maximum absolute atomic E-state index is 9.35. The van der Waals surface area contributed by atoms with Gasteiger partial charge >= 0.3 is 0 Å². The van der Waals surface area contributed by atoms with E-state index >= 15 is 0 Å². The molecule has 6 nitrogen and oxygen atoms in total. The number of hydrogen-bond acceptors (Lipinski definition) is 6. The van der Waals surface area contributed by atoms with E-state index in [9.17, 15) is 5.21 Å². The van der Waals surface area contributed by atoms with Crippen LogP contribution in [-0.2, 0) is 0 Å². The number of oxime groups is 1. The summed E-state index contributed by atoms with van der Waals surface area (Å²) in [5.74, 6) is 0.819. The predicted octanol–water partition coefficient (Wildman–Crippen LogP) is 5.10. The highest BCUT2D eigenvalue weighted by Gasteiger charge is 2.15. The van der Waals surface area contributed by atoms with Gasteiger partial charge in [-0.25, -0.2) is 4.98 Å². The normalized spacial score (nSPS) is 15.0. The first kappa shape index (κ1) is 23.8. The van der Waals surface area contributed by atoms with Gasteiger partial charge in [-0.15, -0.1) is 0 Å². The van der Waals surface area contributed by atoms with E-state index in [-0.39, 0.29) is 5.92 Å². The molecule has 1 atom stereocenters. The van der Waals surface area contributed by atoms with Gasteiger partial charge in [0, 0.05) is 33.2 Å². The predicted molar refractivity (Wildman–Crippen MR) is 128 cm³/mol. The molecule has 2 heterocycles. The molecule has 3 N–H and O–H groups in total. The molecule has 0 spiro atoms. The van der Waals surface area contributed by atoms with Crippen LogP contribution in [0, 0.1) is 5.92 Å². The highest BCUT2D eigenvalue weighted by molar-refractivity contribution is 9.11. The first-order chi connectivity index (χ1) is 13.9. The topological polar surface area (TPSA) is 72.8 Å². The van der Waals surface area contributed by atoms with Crippen LogP contribution < -0.4 is 10.6 Å². The van der Waals surface area contributed by atoms with Gasteiger partial charge in [-0.05, 0) is 86.3 Å². The van der Waals surface area contributed by atoms with Crippen LogP contribution in [0.25, 0.3) is 0 Å². The van der Waals surface area contributed by atoms with Crippen molar-refractivity contribution in [3.05, 3.63) is 51.0 Å². The van der Waals surface area contributed by atoms with E-state index in [0.717, 1.165) is 32.6 Å². The standard InChI is InChI=1S/C17H20Br2N4O.C4H9N/c1-11(10-23(2)3)17(22-24)12-4-7-16(20-9-12)21-15-8-13(18)5-6-14(15)19;1-2-4-5-3-1/h4-9,11,24H,10H2,1-3H3,(H,20,21);5H,1-4H2/b22-17+;. The van der Waals surface area contributed by atoms with Crippen LogP contribution in [0.2, 0.25) is 0 Å². The highest BCUT2D eigenvalue weighted by Crippen LogP contribution is 2.28. The fourth-order valence-electron chi connectivity index (χ4n) is 3.05. The van der Waals surface area contributed by atoms with Crippen molar-refractivity contribution < 1.29 is 5.21 Å². The van der Waals surface area contributed by atoms with E-state index in [1.165, 1.54) is 25.9 Å². The Kier molecular flexibility index (Phi) is 10.1. The number of nitrogens with one attached hydrogen (secondary N) is 2. The molecule has 1 aromatic heterocycles. The highest BCUT2D eigenvalue weighted by atomic mass is 79.9. The van der Waals surface area contributed by atoms with Gasteiger partial charge in [0.25, 0.3) is 0 Å². The maximum atomic E-state index is 9.35. The molecule has 8 heteroatoms. The Morgan fingerprint density at radius 3 is 2.48 bits per heavy atom. The second-order valence-corrected chi connectivity index (χ2v) is 9.06. The van der Waals surface area contributed by atoms with Gasteiger partial charge < -0.3 is 20.7 Å². The summed E-state index contributed by atoms with van der Waals surface area (Å²) in [7, 11) is 3.99. The molecule has 1 aromatic carbocycles. The lowest BCUT2D eigenvalue weighted by Crippen LogP contribution is -2.26. The summed E-state index contributed by atoms with van der Waals surface area (Å²) in [5.41, 5.74) is 2.36. The minimum Gasteiger partial charge on any atom is -0.411 e. The van der Waals surface area contributed by atoms with Gasteiger partial charge in [-0.2, -0.15) is 0 Å². The summed E-state index contributed by atoms with van der Waals surface area (Å²) < 4.78 is 1.94. The van der Waals surface area contributed by atoms with Crippen LogP contribution in [-0.4, -0.2) is 54.5 Å². The van der Waals surface area contributed by atoms with E-state index in [1.807, 2.05) is 51.4 Å². The summed E-state index contributed by atoms with van der Waals surface area (Å²) in [6.07, 6.45) is 4.50. The first-order valence-electron chi connectivity index (χ1n) is 9.66. The zero-order chi connectivity index (χ0) is 21.2. The van der Waals surface area contributed by atoms with Gasteiger partial charge in [0.15, 0.2) is 0 Å². The zero-order valence-electron chi connectivity index (χ0n) is 17.1. The minimum absolute atomic E-state index is 0.102. The minimum atomic E-state index is 0.102. The van der Waals surface area contributed by atoms with Crippen LogP contribution in [0.15, 0.2) is 50.6 Å². The van der Waals surface area contributed by atoms with Gasteiger partial charge in [-0.1, -0.05) is 28.0 Å². The Morgan fingerprint density at radius 1 is 1.24 bits per heavy atom. The monoisotopic (exact) mass is 525 g/mol. The quantitative estimate of drug-likeness (QED) is 0.277. The maximum Gasteiger partial charge on any atom is 0.130 e. The fraction of sp³-hybridized carbons (Fsp3) is 0.429. The number of pyridine rings is 1. The van der Waals surface area contributed by atoms with Crippen LogP contribution >= 0.6 is 31.9 Å². The average molecular weight is 527 g/mol. The summed E-state index contributed by atoms with van der Waals surface area (Å²) in [6, 6.07) is 9.67. The molecule has 0 bridgehead atoms. The van der Waals surface area contributed by atoms with Crippen molar-refractivity contribution in [3.8, 4) is 0 Å². The second kappa shape index (κ2) is 12.3. The molecule has 2 aromatic rings. The van der Waals surface area contributed by atoms with Gasteiger partial charge in [0.2, 0.25) is 0 Å². The first-order valence-corrected chi connectivity index (χ1v) is 11.2. The molecule has 0 aliphatic carbocycles. The number of anilines is 2. The lowest BCUT2D eigenvalue weighted by Gasteiger charge is -2.18. The largest absolute Gasteiger partial charge is 0.411 e. The molecule has 0 radical (unpaired) electrons. The smallest absolute Gasteiger partial charge is 0.130 e. The van der Waals surface area contributed by atoms with Crippen molar-refractivity contribution in [1.82, 2.24) is 15.2 Å². The molecule has 3 rings (SSSR count). The molecule has 1 unspecified atom stereocenters. The summed E-state index contributed by atoms with van der Waals surface area (Å²) in [6.45, 7) is 5.32. The number of benzene rings is 1. The molecule has 0 amide bonds. The lowest BCUT2D eigenvalue weighted by molar-refractivity contribution is 0.310. The Morgan fingerprint density at radius 2 is 1.97 bits per heavy atom. The van der Waals surface area contributed by atoms with Crippen LogP contribution in [0.5, 0.6) is 0 Å². The third-order valence-corrected chi connectivity index (χ3v) is 5.61.